The number of rotatable bonds is 31. The number of methoxy groups -OCH3 is 8. The summed E-state index contributed by atoms with van der Waals surface area (Å²) in [5.74, 6) is -8.82. The SMILES string of the molecule is COc1c(C(=O)O)ccc(C(=O)NCCN(CCNC(=O)c2ccc(C(=O)O)c(OC)c2OC)CCN(CCNC(=O)c2ccc(C(=O)O)c(OC)c2OC)CCNC(=O)c2ccc(C(=O)O)c(OC)c2OC)c1OC. The van der Waals surface area contributed by atoms with Gasteiger partial charge < -0.3 is 79.6 Å². The van der Waals surface area contributed by atoms with Crippen LogP contribution < -0.4 is 59.2 Å². The first-order valence-corrected chi connectivity index (χ1v) is 22.9. The summed E-state index contributed by atoms with van der Waals surface area (Å²) in [6.07, 6.45) is 0. The van der Waals surface area contributed by atoms with Crippen LogP contribution in [-0.2, 0) is 0 Å². The van der Waals surface area contributed by atoms with Gasteiger partial charge in [-0.1, -0.05) is 0 Å². The van der Waals surface area contributed by atoms with Crippen LogP contribution in [0.2, 0.25) is 0 Å². The highest BCUT2D eigenvalue weighted by atomic mass is 16.5. The molecule has 0 spiro atoms. The maximum absolute atomic E-state index is 13.6. The zero-order chi connectivity index (χ0) is 56.2. The van der Waals surface area contributed by atoms with Gasteiger partial charge in [0.05, 0.1) is 79.1 Å². The molecule has 8 N–H and O–H groups in total. The molecule has 0 atom stereocenters. The molecule has 26 heteroatoms. The van der Waals surface area contributed by atoms with E-state index in [0.29, 0.717) is 0 Å². The van der Waals surface area contributed by atoms with Crippen LogP contribution >= 0.6 is 0 Å². The minimum atomic E-state index is -1.31. The first-order chi connectivity index (χ1) is 36.4. The van der Waals surface area contributed by atoms with Crippen LogP contribution in [0, 0.1) is 0 Å². The highest BCUT2D eigenvalue weighted by molar-refractivity contribution is 6.04. The largest absolute Gasteiger partial charge is 0.492 e. The minimum absolute atomic E-state index is 0.00461. The molecule has 0 fully saturated rings. The number of nitrogens with zero attached hydrogens (tertiary/aromatic N) is 2. The molecule has 0 saturated heterocycles. The summed E-state index contributed by atoms with van der Waals surface area (Å²) in [7, 11) is 9.95. The van der Waals surface area contributed by atoms with E-state index in [9.17, 15) is 58.8 Å². The summed E-state index contributed by atoms with van der Waals surface area (Å²) in [6, 6.07) is 9.95. The minimum Gasteiger partial charge on any atom is -0.492 e. The second-order valence-corrected chi connectivity index (χ2v) is 15.8. The number of carbonyl (C=O) groups is 8. The fraction of sp³-hybridized carbons (Fsp3) is 0.360. The van der Waals surface area contributed by atoms with Crippen molar-refractivity contribution >= 4 is 47.5 Å². The van der Waals surface area contributed by atoms with Crippen LogP contribution in [0.15, 0.2) is 48.5 Å². The Morgan fingerprint density at radius 2 is 0.461 bits per heavy atom. The van der Waals surface area contributed by atoms with Crippen molar-refractivity contribution in [1.82, 2.24) is 31.1 Å². The predicted octanol–water partition coefficient (Wildman–Crippen LogP) is 2.17. The molecule has 26 nitrogen and oxygen atoms in total. The number of amides is 4. The third-order valence-corrected chi connectivity index (χ3v) is 11.6. The van der Waals surface area contributed by atoms with Crippen LogP contribution in [0.3, 0.4) is 0 Å². The summed E-state index contributed by atoms with van der Waals surface area (Å²) in [5, 5.41) is 49.8. The van der Waals surface area contributed by atoms with E-state index in [1.165, 1.54) is 105 Å². The van der Waals surface area contributed by atoms with Crippen molar-refractivity contribution in [2.24, 2.45) is 0 Å². The number of hydrogen-bond acceptors (Lipinski definition) is 18. The lowest BCUT2D eigenvalue weighted by atomic mass is 10.1. The zero-order valence-electron chi connectivity index (χ0n) is 42.9. The standard InChI is InChI=1S/C50H60N6O20/c1-69-35-27(9-13-31(47(61)62)39(35)73-5)43(57)51-17-21-55(22-18-52-44(58)28-10-14-32(48(63)64)40(74-6)36(28)70-2)25-26-56(23-19-53-45(59)29-11-15-33(49(65)66)41(75-7)37(29)71-3)24-20-54-46(60)30-12-16-34(50(67)68)42(76-8)38(30)72-4/h9-16H,17-26H2,1-8H3,(H,51,57)(H,52,58)(H,53,59)(H,54,60)(H,61,62)(H,63,64)(H,65,66)(H,67,68). The second-order valence-electron chi connectivity index (χ2n) is 15.8. The number of carboxylic acid groups (broad SMARTS) is 4. The molecule has 4 amide bonds. The van der Waals surface area contributed by atoms with E-state index in [-0.39, 0.29) is 156 Å². The van der Waals surface area contributed by atoms with E-state index in [4.69, 9.17) is 37.9 Å². The van der Waals surface area contributed by atoms with Gasteiger partial charge in [-0.2, -0.15) is 0 Å². The lowest BCUT2D eigenvalue weighted by Gasteiger charge is -2.28. The predicted molar refractivity (Wildman–Crippen MR) is 268 cm³/mol. The Bertz CT molecular complexity index is 2430. The number of benzene rings is 4. The summed E-state index contributed by atoms with van der Waals surface area (Å²) in [4.78, 5) is 105. The normalized spacial score (nSPS) is 10.7. The van der Waals surface area contributed by atoms with E-state index in [0.717, 1.165) is 0 Å². The maximum atomic E-state index is 13.6. The molecule has 0 bridgehead atoms. The molecule has 0 aliphatic heterocycles. The molecular weight excluding hydrogens is 1000 g/mol. The molecule has 4 rings (SSSR count). The van der Waals surface area contributed by atoms with Gasteiger partial charge in [-0.15, -0.1) is 0 Å². The van der Waals surface area contributed by atoms with Crippen molar-refractivity contribution in [1.29, 1.82) is 0 Å². The number of carboxylic acids is 4. The molecule has 0 radical (unpaired) electrons. The molecule has 0 unspecified atom stereocenters. The summed E-state index contributed by atoms with van der Waals surface area (Å²) in [6.45, 7) is 1.09. The van der Waals surface area contributed by atoms with Crippen molar-refractivity contribution in [2.45, 2.75) is 0 Å². The molecule has 4 aromatic carbocycles. The number of ether oxygens (including phenoxy) is 8. The van der Waals surface area contributed by atoms with E-state index in [2.05, 4.69) is 21.3 Å². The topological polar surface area (TPSA) is 346 Å². The van der Waals surface area contributed by atoms with Crippen LogP contribution in [-0.4, -0.2) is 200 Å². The number of carbonyl (C=O) groups excluding carboxylic acids is 4. The summed E-state index contributed by atoms with van der Waals surface area (Å²) < 4.78 is 42.6. The Kier molecular flexibility index (Phi) is 22.3. The van der Waals surface area contributed by atoms with E-state index in [1.807, 2.05) is 9.80 Å². The molecule has 0 aliphatic rings. The first-order valence-electron chi connectivity index (χ1n) is 22.9. The molecule has 0 aromatic heterocycles. The van der Waals surface area contributed by atoms with E-state index in [1.54, 1.807) is 0 Å². The van der Waals surface area contributed by atoms with Gasteiger partial charge in [0.25, 0.3) is 23.6 Å². The lowest BCUT2D eigenvalue weighted by molar-refractivity contribution is 0.0681. The monoisotopic (exact) mass is 1060 g/mol. The molecular formula is C50H60N6O20. The molecule has 76 heavy (non-hydrogen) atoms. The van der Waals surface area contributed by atoms with Crippen molar-refractivity contribution in [2.75, 3.05) is 122 Å². The summed E-state index contributed by atoms with van der Waals surface area (Å²) in [5.41, 5.74) is -0.982. The van der Waals surface area contributed by atoms with Crippen LogP contribution in [0.4, 0.5) is 0 Å². The average molecular weight is 1070 g/mol. The molecule has 0 heterocycles. The third-order valence-electron chi connectivity index (χ3n) is 11.6. The Hall–Kier alpha value is -9.04. The van der Waals surface area contributed by atoms with E-state index >= 15 is 0 Å². The molecule has 0 saturated carbocycles. The highest BCUT2D eigenvalue weighted by Crippen LogP contribution is 2.38. The zero-order valence-corrected chi connectivity index (χ0v) is 42.9. The average Bonchev–Trinajstić information content (AvgIpc) is 3.41. The number of nitrogens with one attached hydrogen (secondary N) is 4. The van der Waals surface area contributed by atoms with E-state index < -0.39 is 47.5 Å². The van der Waals surface area contributed by atoms with Crippen LogP contribution in [0.1, 0.15) is 82.9 Å². The van der Waals surface area contributed by atoms with Gasteiger partial charge in [-0.3, -0.25) is 29.0 Å². The first kappa shape index (κ1) is 59.5. The van der Waals surface area contributed by atoms with Gasteiger partial charge >= 0.3 is 23.9 Å². The van der Waals surface area contributed by atoms with Gasteiger partial charge in [0.15, 0.2) is 46.0 Å². The third kappa shape index (κ3) is 14.4. The van der Waals surface area contributed by atoms with Gasteiger partial charge in [0.2, 0.25) is 0 Å². The Morgan fingerprint density at radius 3 is 0.618 bits per heavy atom. The lowest BCUT2D eigenvalue weighted by Crippen LogP contribution is -2.46. The van der Waals surface area contributed by atoms with Gasteiger partial charge in [0, 0.05) is 65.4 Å². The maximum Gasteiger partial charge on any atom is 0.339 e. The fourth-order valence-electron chi connectivity index (χ4n) is 7.91. The van der Waals surface area contributed by atoms with Crippen LogP contribution in [0.5, 0.6) is 46.0 Å². The quantitative estimate of drug-likeness (QED) is 0.0358. The Labute approximate surface area is 435 Å². The second kappa shape index (κ2) is 28.4. The highest BCUT2D eigenvalue weighted by Gasteiger charge is 2.28. The summed E-state index contributed by atoms with van der Waals surface area (Å²) >= 11 is 0. The van der Waals surface area contributed by atoms with Crippen molar-refractivity contribution < 1.29 is 96.7 Å². The smallest absolute Gasteiger partial charge is 0.339 e. The number of hydrogen-bond donors (Lipinski definition) is 8. The molecule has 4 aromatic rings. The van der Waals surface area contributed by atoms with Crippen molar-refractivity contribution in [3.8, 4) is 46.0 Å². The van der Waals surface area contributed by atoms with Crippen molar-refractivity contribution in [3.63, 3.8) is 0 Å². The van der Waals surface area contributed by atoms with Gasteiger partial charge in [-0.05, 0) is 48.5 Å². The Balaban J connectivity index is 1.62. The molecule has 410 valence electrons. The molecule has 0 aliphatic carbocycles. The van der Waals surface area contributed by atoms with Crippen LogP contribution in [0.25, 0.3) is 0 Å². The number of aromatic carboxylic acids is 4. The Morgan fingerprint density at radius 1 is 0.303 bits per heavy atom. The van der Waals surface area contributed by atoms with Gasteiger partial charge in [-0.25, -0.2) is 19.2 Å². The van der Waals surface area contributed by atoms with Crippen molar-refractivity contribution in [3.05, 3.63) is 93.0 Å². The fourth-order valence-corrected chi connectivity index (χ4v) is 7.91. The van der Waals surface area contributed by atoms with Gasteiger partial charge in [0.1, 0.15) is 22.3 Å².